The number of aromatic nitrogens is 4. The van der Waals surface area contributed by atoms with E-state index < -0.39 is 0 Å². The van der Waals surface area contributed by atoms with E-state index in [4.69, 9.17) is 0 Å². The molecule has 50 heavy (non-hydrogen) atoms. The normalized spacial score (nSPS) is 23.4. The highest BCUT2D eigenvalue weighted by atomic mass is 16.2. The zero-order chi connectivity index (χ0) is 34.2. The predicted molar refractivity (Wildman–Crippen MR) is 191 cm³/mol. The van der Waals surface area contributed by atoms with Crippen molar-refractivity contribution in [2.24, 2.45) is 16.7 Å². The summed E-state index contributed by atoms with van der Waals surface area (Å²) >= 11 is 0. The molecule has 0 saturated carbocycles. The lowest BCUT2D eigenvalue weighted by molar-refractivity contribution is -0.134. The van der Waals surface area contributed by atoms with Crippen LogP contribution in [0.25, 0.3) is 22.3 Å². The molecule has 4 aliphatic heterocycles. The van der Waals surface area contributed by atoms with E-state index in [2.05, 4.69) is 61.3 Å². The minimum atomic E-state index is -0.296. The summed E-state index contributed by atoms with van der Waals surface area (Å²) < 4.78 is 0. The Hall–Kier alpha value is -4.51. The van der Waals surface area contributed by atoms with E-state index in [9.17, 15) is 14.4 Å². The number of fused-ring (bicyclic) bond motifs is 2. The van der Waals surface area contributed by atoms with Gasteiger partial charge in [-0.05, 0) is 79.7 Å². The first-order chi connectivity index (χ1) is 24.1. The van der Waals surface area contributed by atoms with Crippen LogP contribution >= 0.6 is 0 Å². The summed E-state index contributed by atoms with van der Waals surface area (Å²) in [7, 11) is 0. The Balaban J connectivity index is 0.744. The summed E-state index contributed by atoms with van der Waals surface area (Å²) in [6, 6.07) is 12.2. The van der Waals surface area contributed by atoms with Crippen molar-refractivity contribution in [3.05, 3.63) is 65.0 Å². The second kappa shape index (κ2) is 11.8. The number of anilines is 1. The van der Waals surface area contributed by atoms with Crippen molar-refractivity contribution >= 4 is 34.4 Å². The maximum Gasteiger partial charge on any atom is 0.253 e. The van der Waals surface area contributed by atoms with Gasteiger partial charge in [0.1, 0.15) is 11.5 Å². The molecule has 4 aromatic rings. The fraction of sp³-hybridized carbons (Fsp3) is 0.513. The summed E-state index contributed by atoms with van der Waals surface area (Å²) in [6.07, 6.45) is 8.20. The van der Waals surface area contributed by atoms with Crippen molar-refractivity contribution in [3.63, 3.8) is 0 Å². The Labute approximate surface area is 292 Å². The van der Waals surface area contributed by atoms with E-state index in [-0.39, 0.29) is 29.1 Å². The molecular weight excluding hydrogens is 628 g/mol. The Morgan fingerprint density at radius 2 is 1.80 bits per heavy atom. The van der Waals surface area contributed by atoms with E-state index in [1.807, 2.05) is 29.2 Å². The molecule has 260 valence electrons. The predicted octanol–water partition coefficient (Wildman–Crippen LogP) is 4.66. The fourth-order valence-electron chi connectivity index (χ4n) is 9.29. The summed E-state index contributed by atoms with van der Waals surface area (Å²) in [6.45, 7) is 11.5. The van der Waals surface area contributed by atoms with Gasteiger partial charge in [-0.15, -0.1) is 0 Å². The number of imide groups is 1. The molecule has 3 aromatic heterocycles. The first-order valence-electron chi connectivity index (χ1n) is 18.4. The number of piperidine rings is 2. The first-order valence-corrected chi connectivity index (χ1v) is 18.4. The van der Waals surface area contributed by atoms with Crippen LogP contribution in [-0.4, -0.2) is 93.5 Å². The van der Waals surface area contributed by atoms with Gasteiger partial charge in [-0.3, -0.25) is 24.8 Å². The number of rotatable bonds is 6. The van der Waals surface area contributed by atoms with Gasteiger partial charge in [0.15, 0.2) is 0 Å². The van der Waals surface area contributed by atoms with Crippen LogP contribution < -0.4 is 10.2 Å². The van der Waals surface area contributed by atoms with Gasteiger partial charge in [0.25, 0.3) is 5.91 Å². The zero-order valence-electron chi connectivity index (χ0n) is 29.1. The number of hydrogen-bond donors (Lipinski definition) is 3. The average molecular weight is 675 g/mol. The van der Waals surface area contributed by atoms with Crippen LogP contribution in [0.5, 0.6) is 0 Å². The van der Waals surface area contributed by atoms with E-state index in [0.29, 0.717) is 24.2 Å². The number of pyridine rings is 1. The highest BCUT2D eigenvalue weighted by molar-refractivity contribution is 6.01. The van der Waals surface area contributed by atoms with Crippen molar-refractivity contribution in [3.8, 4) is 11.4 Å². The number of aromatic amines is 2. The number of carbonyl (C=O) groups is 3. The highest BCUT2D eigenvalue weighted by Crippen LogP contribution is 2.42. The molecule has 0 bridgehead atoms. The number of amides is 3. The van der Waals surface area contributed by atoms with Gasteiger partial charge in [-0.1, -0.05) is 26.0 Å². The SMILES string of the molecule is CC1(C)CCc2c(-c3cc4ccc(C(=O)N5CC6(CN(CC7CCN(c8ccc(C9CCC(=O)NC9=O)cn8)CC7)C6)C5)cc4[nH]3)n[nH]c2C1. The minimum Gasteiger partial charge on any atom is -0.357 e. The van der Waals surface area contributed by atoms with Crippen molar-refractivity contribution in [2.45, 2.75) is 64.7 Å². The van der Waals surface area contributed by atoms with Gasteiger partial charge < -0.3 is 19.7 Å². The number of benzene rings is 1. The summed E-state index contributed by atoms with van der Waals surface area (Å²) in [5, 5.41) is 11.5. The van der Waals surface area contributed by atoms with Crippen LogP contribution in [0.3, 0.4) is 0 Å². The van der Waals surface area contributed by atoms with Crippen LogP contribution in [0.1, 0.15) is 79.0 Å². The van der Waals surface area contributed by atoms with E-state index >= 15 is 0 Å². The van der Waals surface area contributed by atoms with Crippen molar-refractivity contribution < 1.29 is 14.4 Å². The monoisotopic (exact) mass is 674 g/mol. The zero-order valence-corrected chi connectivity index (χ0v) is 29.1. The highest BCUT2D eigenvalue weighted by Gasteiger charge is 2.53. The van der Waals surface area contributed by atoms with Crippen LogP contribution in [0.4, 0.5) is 5.82 Å². The van der Waals surface area contributed by atoms with Gasteiger partial charge in [-0.2, -0.15) is 5.10 Å². The summed E-state index contributed by atoms with van der Waals surface area (Å²) in [4.78, 5) is 52.4. The number of likely N-dealkylation sites (tertiary alicyclic amines) is 2. The molecule has 0 radical (unpaired) electrons. The van der Waals surface area contributed by atoms with Gasteiger partial charge in [-0.25, -0.2) is 4.98 Å². The Morgan fingerprint density at radius 1 is 0.980 bits per heavy atom. The molecule has 4 saturated heterocycles. The van der Waals surface area contributed by atoms with Crippen LogP contribution in [0.2, 0.25) is 0 Å². The van der Waals surface area contributed by atoms with Gasteiger partial charge in [0.2, 0.25) is 11.8 Å². The minimum absolute atomic E-state index is 0.123. The van der Waals surface area contributed by atoms with Crippen LogP contribution in [0, 0.1) is 16.7 Å². The molecule has 9 rings (SSSR count). The number of nitrogens with one attached hydrogen (secondary N) is 3. The largest absolute Gasteiger partial charge is 0.357 e. The molecule has 4 fully saturated rings. The van der Waals surface area contributed by atoms with Gasteiger partial charge >= 0.3 is 0 Å². The van der Waals surface area contributed by atoms with Crippen molar-refractivity contribution in [2.75, 3.05) is 50.7 Å². The molecule has 1 spiro atoms. The molecule has 1 aromatic carbocycles. The molecule has 1 unspecified atom stereocenters. The van der Waals surface area contributed by atoms with Crippen LogP contribution in [-0.2, 0) is 22.4 Å². The summed E-state index contributed by atoms with van der Waals surface area (Å²) in [5.41, 5.74) is 7.76. The summed E-state index contributed by atoms with van der Waals surface area (Å²) in [5.74, 6) is 1.04. The quantitative estimate of drug-likeness (QED) is 0.254. The van der Waals surface area contributed by atoms with Gasteiger partial charge in [0.05, 0.1) is 11.6 Å². The maximum atomic E-state index is 13.5. The van der Waals surface area contributed by atoms with E-state index in [0.717, 1.165) is 117 Å². The number of H-pyrrole nitrogens is 2. The Kier molecular flexibility index (Phi) is 7.42. The second-order valence-corrected chi connectivity index (χ2v) is 16.6. The molecule has 1 atom stereocenters. The first kappa shape index (κ1) is 31.5. The second-order valence-electron chi connectivity index (χ2n) is 16.6. The third kappa shape index (κ3) is 5.69. The molecule has 11 nitrogen and oxygen atoms in total. The van der Waals surface area contributed by atoms with Crippen molar-refractivity contribution in [1.29, 1.82) is 0 Å². The topological polar surface area (TPSA) is 130 Å². The molecule has 1 aliphatic carbocycles. The smallest absolute Gasteiger partial charge is 0.253 e. The lowest BCUT2D eigenvalue weighted by atomic mass is 9.72. The number of nitrogens with zero attached hydrogens (tertiary/aromatic N) is 5. The molecule has 3 amide bonds. The standard InChI is InChI=1S/C39H46N8O3/c1-38(2)12-9-29-32(17-38)43-44-35(29)31-15-25-3-4-26(16-30(25)41-31)37(50)47-22-39(23-47)20-45(21-39)19-24-10-13-46(14-11-24)33-7-5-27(18-40-33)28-6-8-34(48)42-36(28)49/h3-5,7,15-16,18,24,28,41H,6,8-14,17,19-23H2,1-2H3,(H,43,44)(H,42,48,49). The van der Waals surface area contributed by atoms with Crippen LogP contribution in [0.15, 0.2) is 42.6 Å². The van der Waals surface area contributed by atoms with E-state index in [1.54, 1.807) is 6.20 Å². The molecule has 3 N–H and O–H groups in total. The number of carbonyl (C=O) groups excluding carboxylic acids is 3. The average Bonchev–Trinajstić information content (AvgIpc) is 3.68. The lowest BCUT2D eigenvalue weighted by Gasteiger charge is -2.61. The third-order valence-corrected chi connectivity index (χ3v) is 12.1. The molecule has 5 aliphatic rings. The molecule has 7 heterocycles. The molecular formula is C39H46N8O3. The maximum absolute atomic E-state index is 13.5. The molecule has 11 heteroatoms. The number of hydrogen-bond acceptors (Lipinski definition) is 7. The van der Waals surface area contributed by atoms with Crippen molar-refractivity contribution in [1.82, 2.24) is 35.3 Å². The fourth-order valence-corrected chi connectivity index (χ4v) is 9.29. The lowest BCUT2D eigenvalue weighted by Crippen LogP contribution is -2.73. The third-order valence-electron chi connectivity index (χ3n) is 12.1. The van der Waals surface area contributed by atoms with Gasteiger partial charge in [0, 0.05) is 91.6 Å². The van der Waals surface area contributed by atoms with E-state index in [1.165, 1.54) is 11.3 Å². The Bertz CT molecular complexity index is 1970. The Morgan fingerprint density at radius 3 is 2.56 bits per heavy atom.